The van der Waals surface area contributed by atoms with Crippen molar-refractivity contribution in [1.29, 1.82) is 0 Å². The van der Waals surface area contributed by atoms with E-state index in [4.69, 9.17) is 15.2 Å². The van der Waals surface area contributed by atoms with Crippen molar-refractivity contribution in [2.45, 2.75) is 0 Å². The van der Waals surface area contributed by atoms with Crippen LogP contribution in [0.3, 0.4) is 0 Å². The van der Waals surface area contributed by atoms with Gasteiger partial charge in [0.2, 0.25) is 10.0 Å². The zero-order valence-corrected chi connectivity index (χ0v) is 12.1. The van der Waals surface area contributed by atoms with Crippen LogP contribution in [-0.2, 0) is 19.6 Å². The lowest BCUT2D eigenvalue weighted by Crippen LogP contribution is -2.24. The number of hydrogen-bond acceptors (Lipinski definition) is 7. The molecule has 1 aromatic carbocycles. The van der Waals surface area contributed by atoms with Gasteiger partial charge in [0.1, 0.15) is 0 Å². The molecule has 0 aliphatic carbocycles. The van der Waals surface area contributed by atoms with Gasteiger partial charge in [-0.15, -0.1) is 0 Å². The number of anilines is 2. The average Bonchev–Trinajstić information content (AvgIpc) is 2.39. The summed E-state index contributed by atoms with van der Waals surface area (Å²) in [6.07, 6.45) is 0. The van der Waals surface area contributed by atoms with Crippen LogP contribution in [0.4, 0.5) is 11.4 Å². The third-order valence-corrected chi connectivity index (χ3v) is 3.50. The molecule has 0 atom stereocenters. The number of nitrogens with two attached hydrogens (primary N) is 1. The average molecular weight is 304 g/mol. The minimum Gasteiger partial charge on any atom is -0.493 e. The van der Waals surface area contributed by atoms with Crippen LogP contribution >= 0.6 is 0 Å². The van der Waals surface area contributed by atoms with Crippen molar-refractivity contribution in [3.63, 3.8) is 0 Å². The standard InChI is InChI=1S/C11H16N2O6S/c1-17-9-4-7(12)8(5-10(9)18-2)13-20(15,16)6-11(14)19-3/h4-5,13H,6,12H2,1-3H3. The van der Waals surface area contributed by atoms with Gasteiger partial charge in [0.15, 0.2) is 17.3 Å². The number of esters is 1. The molecule has 0 radical (unpaired) electrons. The second-order valence-corrected chi connectivity index (χ2v) is 5.45. The minimum atomic E-state index is -3.91. The first kappa shape index (κ1) is 15.9. The predicted octanol–water partition coefficient (Wildman–Crippen LogP) is 0.201. The summed E-state index contributed by atoms with van der Waals surface area (Å²) in [5.41, 5.74) is 5.94. The van der Waals surface area contributed by atoms with Gasteiger partial charge >= 0.3 is 5.97 Å². The maximum absolute atomic E-state index is 11.7. The lowest BCUT2D eigenvalue weighted by atomic mass is 10.2. The van der Waals surface area contributed by atoms with Gasteiger partial charge in [-0.3, -0.25) is 9.52 Å². The van der Waals surface area contributed by atoms with E-state index in [0.717, 1.165) is 7.11 Å². The Hall–Kier alpha value is -2.16. The fourth-order valence-electron chi connectivity index (χ4n) is 1.40. The third-order valence-electron chi connectivity index (χ3n) is 2.36. The zero-order chi connectivity index (χ0) is 15.3. The highest BCUT2D eigenvalue weighted by Gasteiger charge is 2.19. The largest absolute Gasteiger partial charge is 0.493 e. The first-order chi connectivity index (χ1) is 9.32. The highest BCUT2D eigenvalue weighted by Crippen LogP contribution is 2.35. The zero-order valence-electron chi connectivity index (χ0n) is 11.3. The van der Waals surface area contributed by atoms with Crippen molar-refractivity contribution >= 4 is 27.4 Å². The molecule has 3 N–H and O–H groups in total. The second-order valence-electron chi connectivity index (χ2n) is 3.73. The molecule has 0 amide bonds. The summed E-state index contributed by atoms with van der Waals surface area (Å²) in [4.78, 5) is 11.0. The molecule has 9 heteroatoms. The van der Waals surface area contributed by atoms with Crippen LogP contribution in [0.15, 0.2) is 12.1 Å². The van der Waals surface area contributed by atoms with E-state index in [1.54, 1.807) is 0 Å². The number of carbonyl (C=O) groups is 1. The highest BCUT2D eigenvalue weighted by atomic mass is 32.2. The van der Waals surface area contributed by atoms with Crippen molar-refractivity contribution in [2.24, 2.45) is 0 Å². The van der Waals surface area contributed by atoms with Crippen molar-refractivity contribution in [1.82, 2.24) is 0 Å². The van der Waals surface area contributed by atoms with Gasteiger partial charge in [0, 0.05) is 12.1 Å². The molecule has 0 aromatic heterocycles. The van der Waals surface area contributed by atoms with Crippen LogP contribution in [-0.4, -0.2) is 41.5 Å². The normalized spacial score (nSPS) is 10.8. The fourth-order valence-corrected chi connectivity index (χ4v) is 2.41. The predicted molar refractivity (Wildman–Crippen MR) is 73.4 cm³/mol. The van der Waals surface area contributed by atoms with Gasteiger partial charge in [0.25, 0.3) is 0 Å². The highest BCUT2D eigenvalue weighted by molar-refractivity contribution is 7.93. The lowest BCUT2D eigenvalue weighted by Gasteiger charge is -2.13. The molecule has 0 spiro atoms. The Balaban J connectivity index is 3.06. The summed E-state index contributed by atoms with van der Waals surface area (Å²) < 4.78 is 40.0. The van der Waals surface area contributed by atoms with E-state index in [9.17, 15) is 13.2 Å². The maximum atomic E-state index is 11.7. The number of nitrogen functional groups attached to an aromatic ring is 1. The molecule has 20 heavy (non-hydrogen) atoms. The first-order valence-corrected chi connectivity index (χ1v) is 7.07. The first-order valence-electron chi connectivity index (χ1n) is 5.41. The van der Waals surface area contributed by atoms with Gasteiger partial charge in [-0.1, -0.05) is 0 Å². The Morgan fingerprint density at radius 2 is 1.75 bits per heavy atom. The molecule has 0 bridgehead atoms. The Morgan fingerprint density at radius 1 is 1.20 bits per heavy atom. The minimum absolute atomic E-state index is 0.0894. The van der Waals surface area contributed by atoms with Crippen LogP contribution < -0.4 is 19.9 Å². The molecule has 112 valence electrons. The Labute approximate surface area is 116 Å². The van der Waals surface area contributed by atoms with Crippen molar-refractivity contribution in [2.75, 3.05) is 37.5 Å². The molecule has 0 aliphatic heterocycles. The number of methoxy groups -OCH3 is 3. The maximum Gasteiger partial charge on any atom is 0.322 e. The SMILES string of the molecule is COC(=O)CS(=O)(=O)Nc1cc(OC)c(OC)cc1N. The number of sulfonamides is 1. The number of rotatable bonds is 6. The van der Waals surface area contributed by atoms with E-state index in [1.165, 1.54) is 26.4 Å². The van der Waals surface area contributed by atoms with Gasteiger partial charge in [0.05, 0.1) is 32.7 Å². The number of nitrogens with one attached hydrogen (secondary N) is 1. The fraction of sp³-hybridized carbons (Fsp3) is 0.364. The lowest BCUT2D eigenvalue weighted by molar-refractivity contribution is -0.137. The summed E-state index contributed by atoms with van der Waals surface area (Å²) in [7, 11) is 0.0184. The summed E-state index contributed by atoms with van der Waals surface area (Å²) >= 11 is 0. The van der Waals surface area contributed by atoms with Crippen LogP contribution in [0, 0.1) is 0 Å². The summed E-state index contributed by atoms with van der Waals surface area (Å²) in [6.45, 7) is 0. The van der Waals surface area contributed by atoms with Crippen LogP contribution in [0.2, 0.25) is 0 Å². The van der Waals surface area contributed by atoms with E-state index in [-0.39, 0.29) is 11.4 Å². The summed E-state index contributed by atoms with van der Waals surface area (Å²) in [6, 6.07) is 2.78. The van der Waals surface area contributed by atoms with E-state index in [0.29, 0.717) is 11.5 Å². The van der Waals surface area contributed by atoms with Crippen LogP contribution in [0.5, 0.6) is 11.5 Å². The molecule has 8 nitrogen and oxygen atoms in total. The van der Waals surface area contributed by atoms with E-state index in [1.807, 2.05) is 0 Å². The Morgan fingerprint density at radius 3 is 2.25 bits per heavy atom. The summed E-state index contributed by atoms with van der Waals surface area (Å²) in [5, 5.41) is 0. The van der Waals surface area contributed by atoms with Gasteiger partial charge in [-0.25, -0.2) is 8.42 Å². The van der Waals surface area contributed by atoms with Crippen molar-refractivity contribution < 1.29 is 27.4 Å². The quantitative estimate of drug-likeness (QED) is 0.569. The number of carbonyl (C=O) groups excluding carboxylic acids is 1. The van der Waals surface area contributed by atoms with Crippen LogP contribution in [0.1, 0.15) is 0 Å². The molecular weight excluding hydrogens is 288 g/mol. The van der Waals surface area contributed by atoms with Crippen molar-refractivity contribution in [3.8, 4) is 11.5 Å². The Bertz CT molecular complexity index is 599. The van der Waals surface area contributed by atoms with Crippen LogP contribution in [0.25, 0.3) is 0 Å². The molecule has 0 aliphatic rings. The molecule has 0 saturated heterocycles. The summed E-state index contributed by atoms with van der Waals surface area (Å²) in [5.74, 6) is -1.02. The molecule has 1 aromatic rings. The molecular formula is C11H16N2O6S. The molecule has 0 saturated carbocycles. The van der Waals surface area contributed by atoms with E-state index < -0.39 is 21.7 Å². The van der Waals surface area contributed by atoms with Crippen molar-refractivity contribution in [3.05, 3.63) is 12.1 Å². The third kappa shape index (κ3) is 3.92. The van der Waals surface area contributed by atoms with Gasteiger partial charge in [-0.05, 0) is 0 Å². The smallest absolute Gasteiger partial charge is 0.322 e. The second kappa shape index (κ2) is 6.33. The number of ether oxygens (including phenoxy) is 3. The number of benzene rings is 1. The molecule has 1 rings (SSSR count). The monoisotopic (exact) mass is 304 g/mol. The van der Waals surface area contributed by atoms with Gasteiger partial charge in [-0.2, -0.15) is 0 Å². The molecule has 0 unspecified atom stereocenters. The van der Waals surface area contributed by atoms with Gasteiger partial charge < -0.3 is 19.9 Å². The number of hydrogen-bond donors (Lipinski definition) is 2. The van der Waals surface area contributed by atoms with E-state index >= 15 is 0 Å². The van der Waals surface area contributed by atoms with E-state index in [2.05, 4.69) is 9.46 Å². The molecule has 0 fully saturated rings. The molecule has 0 heterocycles. The Kier molecular flexibility index (Phi) is 5.03. The topological polar surface area (TPSA) is 117 Å².